The maximum Gasteiger partial charge on any atom is 0.407 e. The van der Waals surface area contributed by atoms with Crippen LogP contribution in [0.2, 0.25) is 0 Å². The van der Waals surface area contributed by atoms with Crippen LogP contribution in [0, 0.1) is 0 Å². The van der Waals surface area contributed by atoms with E-state index in [9.17, 15) is 14.4 Å². The van der Waals surface area contributed by atoms with E-state index in [1.54, 1.807) is 20.8 Å². The molecule has 0 heterocycles. The summed E-state index contributed by atoms with van der Waals surface area (Å²) in [7, 11) is 0. The van der Waals surface area contributed by atoms with Gasteiger partial charge in [0.2, 0.25) is 0 Å². The molecular weight excluding hydrogens is 268 g/mol. The Balaban J connectivity index is 3.92. The van der Waals surface area contributed by atoms with E-state index in [4.69, 9.17) is 14.9 Å². The number of alkyl carbamates (subject to hydrolysis) is 1. The number of carbonyl (C=O) groups is 3. The number of nitrogens with one attached hydrogen (secondary N) is 2. The number of rotatable bonds is 8. The lowest BCUT2D eigenvalue weighted by atomic mass is 10.1. The molecule has 0 bridgehead atoms. The van der Waals surface area contributed by atoms with Crippen molar-refractivity contribution in [3.8, 4) is 0 Å². The van der Waals surface area contributed by atoms with Crippen LogP contribution in [0.3, 0.4) is 0 Å². The van der Waals surface area contributed by atoms with E-state index in [2.05, 4.69) is 10.6 Å². The summed E-state index contributed by atoms with van der Waals surface area (Å²) in [4.78, 5) is 32.5. The van der Waals surface area contributed by atoms with Gasteiger partial charge in [0.05, 0.1) is 0 Å². The third kappa shape index (κ3) is 10.1. The van der Waals surface area contributed by atoms with E-state index in [1.165, 1.54) is 0 Å². The fourth-order valence-electron chi connectivity index (χ4n) is 1.31. The minimum atomic E-state index is -1.12. The number of ether oxygens (including phenoxy) is 1. The number of carbonyl (C=O) groups excluding carboxylic acids is 1. The van der Waals surface area contributed by atoms with Crippen LogP contribution in [-0.2, 0) is 14.3 Å². The highest BCUT2D eigenvalue weighted by molar-refractivity contribution is 5.75. The third-order valence-corrected chi connectivity index (χ3v) is 2.13. The number of hydrogen-bond acceptors (Lipinski definition) is 5. The molecule has 0 aromatic rings. The largest absolute Gasteiger partial charge is 0.481 e. The highest BCUT2D eigenvalue weighted by atomic mass is 16.6. The Morgan fingerprint density at radius 1 is 1.15 bits per heavy atom. The highest BCUT2D eigenvalue weighted by Gasteiger charge is 2.18. The van der Waals surface area contributed by atoms with E-state index >= 15 is 0 Å². The molecule has 1 atom stereocenters. The van der Waals surface area contributed by atoms with Gasteiger partial charge in [-0.2, -0.15) is 0 Å². The summed E-state index contributed by atoms with van der Waals surface area (Å²) in [6.45, 7) is 5.59. The molecule has 8 nitrogen and oxygen atoms in total. The van der Waals surface area contributed by atoms with Crippen molar-refractivity contribution in [3.63, 3.8) is 0 Å². The molecule has 0 saturated heterocycles. The maximum absolute atomic E-state index is 11.3. The smallest absolute Gasteiger partial charge is 0.407 e. The zero-order valence-corrected chi connectivity index (χ0v) is 11.9. The summed E-state index contributed by atoms with van der Waals surface area (Å²) in [5.74, 6) is -2.17. The zero-order chi connectivity index (χ0) is 15.8. The third-order valence-electron chi connectivity index (χ3n) is 2.13. The molecule has 1 amide bonds. The highest BCUT2D eigenvalue weighted by Crippen LogP contribution is 2.06. The molecular formula is C12H22N2O6. The molecule has 0 aliphatic heterocycles. The van der Waals surface area contributed by atoms with Gasteiger partial charge in [-0.05, 0) is 27.2 Å². The second kappa shape index (κ2) is 8.36. The molecule has 8 heteroatoms. The normalized spacial score (nSPS) is 12.6. The summed E-state index contributed by atoms with van der Waals surface area (Å²) < 4.78 is 5.00. The van der Waals surface area contributed by atoms with Crippen LogP contribution in [0.4, 0.5) is 4.79 Å². The number of aliphatic carboxylic acids is 2. The van der Waals surface area contributed by atoms with Gasteiger partial charge >= 0.3 is 18.0 Å². The van der Waals surface area contributed by atoms with Crippen LogP contribution >= 0.6 is 0 Å². The fourth-order valence-corrected chi connectivity index (χ4v) is 1.31. The van der Waals surface area contributed by atoms with Gasteiger partial charge in [0.25, 0.3) is 0 Å². The van der Waals surface area contributed by atoms with E-state index in [0.29, 0.717) is 0 Å². The van der Waals surface area contributed by atoms with E-state index in [-0.39, 0.29) is 25.9 Å². The number of amides is 1. The van der Waals surface area contributed by atoms with Crippen LogP contribution in [0.25, 0.3) is 0 Å². The van der Waals surface area contributed by atoms with Gasteiger partial charge in [0, 0.05) is 19.5 Å². The van der Waals surface area contributed by atoms with E-state index < -0.39 is 29.7 Å². The molecule has 20 heavy (non-hydrogen) atoms. The molecule has 0 rings (SSSR count). The molecule has 0 aliphatic carbocycles. The summed E-state index contributed by atoms with van der Waals surface area (Å²) in [6, 6.07) is -0.952. The van der Waals surface area contributed by atoms with E-state index in [1.807, 2.05) is 0 Å². The second-order valence-electron chi connectivity index (χ2n) is 5.21. The van der Waals surface area contributed by atoms with Crippen LogP contribution in [0.1, 0.15) is 33.6 Å². The summed E-state index contributed by atoms with van der Waals surface area (Å²) in [5, 5.41) is 22.5. The number of carboxylic acid groups (broad SMARTS) is 2. The monoisotopic (exact) mass is 290 g/mol. The topological polar surface area (TPSA) is 125 Å². The molecule has 0 fully saturated rings. The first-order chi connectivity index (χ1) is 9.11. The molecule has 4 N–H and O–H groups in total. The number of hydrogen-bond donors (Lipinski definition) is 4. The SMILES string of the molecule is CC(C)(C)OC(=O)NCCN[C@@H](CCC(=O)O)C(=O)O. The van der Waals surface area contributed by atoms with Crippen molar-refractivity contribution in [2.75, 3.05) is 13.1 Å². The zero-order valence-electron chi connectivity index (χ0n) is 11.9. The summed E-state index contributed by atoms with van der Waals surface area (Å²) in [5.41, 5.74) is -0.595. The van der Waals surface area contributed by atoms with Crippen LogP contribution in [0.5, 0.6) is 0 Å². The van der Waals surface area contributed by atoms with Crippen LogP contribution < -0.4 is 10.6 Å². The molecule has 0 aromatic heterocycles. The lowest BCUT2D eigenvalue weighted by Gasteiger charge is -2.20. The fraction of sp³-hybridized carbons (Fsp3) is 0.750. The molecule has 0 aliphatic rings. The molecule has 0 radical (unpaired) electrons. The van der Waals surface area contributed by atoms with Gasteiger partial charge in [0.1, 0.15) is 11.6 Å². The Kier molecular flexibility index (Phi) is 7.60. The molecule has 116 valence electrons. The lowest BCUT2D eigenvalue weighted by Crippen LogP contribution is -2.42. The first-order valence-electron chi connectivity index (χ1n) is 6.26. The van der Waals surface area contributed by atoms with Crippen molar-refractivity contribution in [3.05, 3.63) is 0 Å². The van der Waals surface area contributed by atoms with Gasteiger partial charge in [-0.15, -0.1) is 0 Å². The van der Waals surface area contributed by atoms with Gasteiger partial charge < -0.3 is 25.6 Å². The Labute approximate surface area is 117 Å². The average Bonchev–Trinajstić information content (AvgIpc) is 2.24. The summed E-state index contributed by atoms with van der Waals surface area (Å²) >= 11 is 0. The molecule has 0 saturated carbocycles. The standard InChI is InChI=1S/C12H22N2O6/c1-12(2,3)20-11(19)14-7-6-13-8(10(17)18)4-5-9(15)16/h8,13H,4-7H2,1-3H3,(H,14,19)(H,15,16)(H,17,18)/t8-/m0/s1. The van der Waals surface area contributed by atoms with E-state index in [0.717, 1.165) is 0 Å². The number of carboxylic acids is 2. The first-order valence-corrected chi connectivity index (χ1v) is 6.26. The Hall–Kier alpha value is -1.83. The van der Waals surface area contributed by atoms with Crippen molar-refractivity contribution in [1.29, 1.82) is 0 Å². The maximum atomic E-state index is 11.3. The quantitative estimate of drug-likeness (QED) is 0.477. The Bertz CT molecular complexity index is 350. The van der Waals surface area contributed by atoms with Gasteiger partial charge in [0.15, 0.2) is 0 Å². The molecule has 0 spiro atoms. The van der Waals surface area contributed by atoms with Crippen molar-refractivity contribution >= 4 is 18.0 Å². The summed E-state index contributed by atoms with van der Waals surface area (Å²) in [6.07, 6.45) is -0.836. The van der Waals surface area contributed by atoms with Crippen molar-refractivity contribution < 1.29 is 29.3 Å². The van der Waals surface area contributed by atoms with Crippen LogP contribution in [-0.4, -0.2) is 53.0 Å². The minimum absolute atomic E-state index is 0.0168. The predicted octanol–water partition coefficient (Wildman–Crippen LogP) is 0.419. The van der Waals surface area contributed by atoms with Gasteiger partial charge in [-0.3, -0.25) is 9.59 Å². The molecule has 0 aromatic carbocycles. The lowest BCUT2D eigenvalue weighted by molar-refractivity contribution is -0.140. The van der Waals surface area contributed by atoms with Gasteiger partial charge in [-0.25, -0.2) is 4.79 Å². The predicted molar refractivity (Wildman–Crippen MR) is 70.5 cm³/mol. The van der Waals surface area contributed by atoms with Crippen LogP contribution in [0.15, 0.2) is 0 Å². The van der Waals surface area contributed by atoms with Crippen molar-refractivity contribution in [2.24, 2.45) is 0 Å². The average molecular weight is 290 g/mol. The minimum Gasteiger partial charge on any atom is -0.481 e. The Morgan fingerprint density at radius 3 is 2.20 bits per heavy atom. The van der Waals surface area contributed by atoms with Gasteiger partial charge in [-0.1, -0.05) is 0 Å². The first kappa shape index (κ1) is 18.2. The Morgan fingerprint density at radius 2 is 1.75 bits per heavy atom. The van der Waals surface area contributed by atoms with Crippen molar-refractivity contribution in [2.45, 2.75) is 45.3 Å². The van der Waals surface area contributed by atoms with Crippen molar-refractivity contribution in [1.82, 2.24) is 10.6 Å². The second-order valence-corrected chi connectivity index (χ2v) is 5.21. The molecule has 0 unspecified atom stereocenters.